The molecule has 0 unspecified atom stereocenters. The summed E-state index contributed by atoms with van der Waals surface area (Å²) in [7, 11) is -3.69. The second-order valence-corrected chi connectivity index (χ2v) is 10.3. The molecule has 1 aliphatic rings. The minimum atomic E-state index is -3.69. The van der Waals surface area contributed by atoms with Crippen LogP contribution in [0, 0.1) is 26.7 Å². The number of aryl methyl sites for hydroxylation is 2. The number of nitrogens with two attached hydrogens (primary N) is 1. The SMILES string of the molecule is Cc1cc(NC(=O)c2cc(C)c(C)c(S(=O)(=O)N3CCC(C)CC3)c2)ccc1C(N)=O. The van der Waals surface area contributed by atoms with Crippen molar-refractivity contribution in [3.63, 3.8) is 0 Å². The van der Waals surface area contributed by atoms with Crippen LogP contribution in [0.5, 0.6) is 0 Å². The molecule has 2 aromatic rings. The van der Waals surface area contributed by atoms with Crippen molar-refractivity contribution in [3.05, 3.63) is 58.1 Å². The molecule has 0 spiro atoms. The lowest BCUT2D eigenvalue weighted by atomic mass is 10.0. The van der Waals surface area contributed by atoms with Gasteiger partial charge >= 0.3 is 0 Å². The number of anilines is 1. The van der Waals surface area contributed by atoms with E-state index in [1.807, 2.05) is 0 Å². The summed E-state index contributed by atoms with van der Waals surface area (Å²) in [5.74, 6) is -0.444. The maximum Gasteiger partial charge on any atom is 0.255 e. The van der Waals surface area contributed by atoms with Gasteiger partial charge in [-0.2, -0.15) is 4.31 Å². The highest BCUT2D eigenvalue weighted by Crippen LogP contribution is 2.28. The zero-order valence-electron chi connectivity index (χ0n) is 18.4. The van der Waals surface area contributed by atoms with Crippen LogP contribution in [0.4, 0.5) is 5.69 Å². The highest BCUT2D eigenvalue weighted by atomic mass is 32.2. The van der Waals surface area contributed by atoms with E-state index < -0.39 is 21.8 Å². The third kappa shape index (κ3) is 4.80. The third-order valence-electron chi connectivity index (χ3n) is 5.99. The van der Waals surface area contributed by atoms with Crippen molar-refractivity contribution < 1.29 is 18.0 Å². The van der Waals surface area contributed by atoms with Gasteiger partial charge in [0.2, 0.25) is 15.9 Å². The molecule has 2 amide bonds. The van der Waals surface area contributed by atoms with Crippen LogP contribution in [0.15, 0.2) is 35.2 Å². The largest absolute Gasteiger partial charge is 0.366 e. The van der Waals surface area contributed by atoms with Crippen molar-refractivity contribution in [2.45, 2.75) is 45.4 Å². The van der Waals surface area contributed by atoms with Crippen LogP contribution in [0.1, 0.15) is 57.2 Å². The second-order valence-electron chi connectivity index (χ2n) is 8.35. The summed E-state index contributed by atoms with van der Waals surface area (Å²) in [4.78, 5) is 24.5. The number of hydrogen-bond donors (Lipinski definition) is 2. The fraction of sp³-hybridized carbons (Fsp3) is 0.391. The number of primary amides is 1. The van der Waals surface area contributed by atoms with Crippen molar-refractivity contribution in [2.24, 2.45) is 11.7 Å². The first-order valence-electron chi connectivity index (χ1n) is 10.3. The van der Waals surface area contributed by atoms with E-state index in [0.29, 0.717) is 41.4 Å². The van der Waals surface area contributed by atoms with Gasteiger partial charge in [0.05, 0.1) is 4.90 Å². The summed E-state index contributed by atoms with van der Waals surface area (Å²) in [5.41, 5.74) is 8.51. The number of carbonyl (C=O) groups is 2. The van der Waals surface area contributed by atoms with Gasteiger partial charge in [0.15, 0.2) is 0 Å². The van der Waals surface area contributed by atoms with Gasteiger partial charge in [-0.3, -0.25) is 9.59 Å². The predicted octanol–water partition coefficient (Wildman–Crippen LogP) is 3.38. The summed E-state index contributed by atoms with van der Waals surface area (Å²) in [6.45, 7) is 8.41. The minimum absolute atomic E-state index is 0.174. The molecule has 7 nitrogen and oxygen atoms in total. The van der Waals surface area contributed by atoms with Crippen LogP contribution >= 0.6 is 0 Å². The number of nitrogens with zero attached hydrogens (tertiary/aromatic N) is 1. The molecule has 0 saturated carbocycles. The van der Waals surface area contributed by atoms with Crippen LogP contribution in [0.25, 0.3) is 0 Å². The second kappa shape index (κ2) is 8.80. The number of hydrogen-bond acceptors (Lipinski definition) is 4. The van der Waals surface area contributed by atoms with Crippen LogP contribution in [-0.2, 0) is 10.0 Å². The van der Waals surface area contributed by atoms with Crippen LogP contribution < -0.4 is 11.1 Å². The molecule has 0 radical (unpaired) electrons. The van der Waals surface area contributed by atoms with Gasteiger partial charge in [-0.25, -0.2) is 8.42 Å². The molecule has 0 aliphatic carbocycles. The molecule has 0 bridgehead atoms. The molecule has 0 aromatic heterocycles. The Morgan fingerprint density at radius 1 is 1.03 bits per heavy atom. The van der Waals surface area contributed by atoms with Gasteiger partial charge in [0.25, 0.3) is 5.91 Å². The van der Waals surface area contributed by atoms with E-state index in [4.69, 9.17) is 5.73 Å². The molecule has 31 heavy (non-hydrogen) atoms. The smallest absolute Gasteiger partial charge is 0.255 e. The molecule has 1 saturated heterocycles. The normalized spacial score (nSPS) is 15.6. The van der Waals surface area contributed by atoms with E-state index in [-0.39, 0.29) is 10.5 Å². The predicted molar refractivity (Wildman–Crippen MR) is 121 cm³/mol. The first-order valence-corrected chi connectivity index (χ1v) is 11.8. The Morgan fingerprint density at radius 2 is 1.68 bits per heavy atom. The average Bonchev–Trinajstić information content (AvgIpc) is 2.69. The molecule has 1 heterocycles. The fourth-order valence-corrected chi connectivity index (χ4v) is 5.61. The van der Waals surface area contributed by atoms with E-state index in [1.165, 1.54) is 10.4 Å². The molecule has 2 aromatic carbocycles. The average molecular weight is 444 g/mol. The van der Waals surface area contributed by atoms with E-state index in [1.54, 1.807) is 45.0 Å². The standard InChI is InChI=1S/C23H29N3O4S/c1-14-7-9-26(10-8-14)31(29,30)21-13-18(11-15(2)17(21)4)23(28)25-19-5-6-20(22(24)27)16(3)12-19/h5-6,11-14H,7-10H2,1-4H3,(H2,24,27)(H,25,28). The molecule has 166 valence electrons. The summed E-state index contributed by atoms with van der Waals surface area (Å²) >= 11 is 0. The number of sulfonamides is 1. The maximum atomic E-state index is 13.3. The number of amides is 2. The van der Waals surface area contributed by atoms with Gasteiger partial charge < -0.3 is 11.1 Å². The summed E-state index contributed by atoms with van der Waals surface area (Å²) in [6, 6.07) is 7.95. The van der Waals surface area contributed by atoms with Crippen molar-refractivity contribution in [1.29, 1.82) is 0 Å². The minimum Gasteiger partial charge on any atom is -0.366 e. The summed E-state index contributed by atoms with van der Waals surface area (Å²) in [6.07, 6.45) is 1.66. The van der Waals surface area contributed by atoms with Crippen molar-refractivity contribution >= 4 is 27.5 Å². The maximum absolute atomic E-state index is 13.3. The molecule has 1 aliphatic heterocycles. The molecule has 1 fully saturated rings. The Morgan fingerprint density at radius 3 is 2.26 bits per heavy atom. The molecular weight excluding hydrogens is 414 g/mol. The Labute approximate surface area is 183 Å². The van der Waals surface area contributed by atoms with Gasteiger partial charge in [-0.1, -0.05) is 6.92 Å². The van der Waals surface area contributed by atoms with E-state index >= 15 is 0 Å². The zero-order valence-corrected chi connectivity index (χ0v) is 19.2. The molecular formula is C23H29N3O4S. The van der Waals surface area contributed by atoms with Crippen LogP contribution in [0.2, 0.25) is 0 Å². The quantitative estimate of drug-likeness (QED) is 0.738. The lowest BCUT2D eigenvalue weighted by Gasteiger charge is -2.30. The summed E-state index contributed by atoms with van der Waals surface area (Å²) < 4.78 is 28.1. The zero-order chi connectivity index (χ0) is 22.9. The molecule has 3 rings (SSSR count). The molecule has 3 N–H and O–H groups in total. The van der Waals surface area contributed by atoms with Crippen LogP contribution in [0.3, 0.4) is 0 Å². The van der Waals surface area contributed by atoms with Gasteiger partial charge in [0.1, 0.15) is 0 Å². The number of rotatable bonds is 5. The Hall–Kier alpha value is -2.71. The monoisotopic (exact) mass is 443 g/mol. The number of carbonyl (C=O) groups excluding carboxylic acids is 2. The highest BCUT2D eigenvalue weighted by molar-refractivity contribution is 7.89. The van der Waals surface area contributed by atoms with Gasteiger partial charge in [-0.05, 0) is 86.6 Å². The number of piperidine rings is 1. The van der Waals surface area contributed by atoms with E-state index in [2.05, 4.69) is 12.2 Å². The first kappa shape index (κ1) is 23.0. The van der Waals surface area contributed by atoms with Crippen molar-refractivity contribution in [2.75, 3.05) is 18.4 Å². The van der Waals surface area contributed by atoms with Gasteiger partial charge in [0, 0.05) is 29.9 Å². The molecule has 0 atom stereocenters. The Kier molecular flexibility index (Phi) is 6.52. The highest BCUT2D eigenvalue weighted by Gasteiger charge is 2.30. The van der Waals surface area contributed by atoms with E-state index in [0.717, 1.165) is 18.4 Å². The lowest BCUT2D eigenvalue weighted by molar-refractivity contribution is 0.0997. The fourth-order valence-electron chi connectivity index (χ4n) is 3.81. The van der Waals surface area contributed by atoms with Crippen LogP contribution in [-0.4, -0.2) is 37.6 Å². The number of nitrogens with one attached hydrogen (secondary N) is 1. The number of benzene rings is 2. The van der Waals surface area contributed by atoms with Crippen molar-refractivity contribution in [1.82, 2.24) is 4.31 Å². The van der Waals surface area contributed by atoms with E-state index in [9.17, 15) is 18.0 Å². The molecule has 8 heteroatoms. The lowest BCUT2D eigenvalue weighted by Crippen LogP contribution is -2.38. The third-order valence-corrected chi connectivity index (χ3v) is 8.02. The van der Waals surface area contributed by atoms with Crippen molar-refractivity contribution in [3.8, 4) is 0 Å². The Balaban J connectivity index is 1.91. The topological polar surface area (TPSA) is 110 Å². The van der Waals surface area contributed by atoms with Gasteiger partial charge in [-0.15, -0.1) is 0 Å². The Bertz CT molecular complexity index is 1130. The first-order chi connectivity index (χ1) is 14.5. The summed E-state index contributed by atoms with van der Waals surface area (Å²) in [5, 5.41) is 2.78.